The fourth-order valence-corrected chi connectivity index (χ4v) is 2.86. The molecule has 0 radical (unpaired) electrons. The van der Waals surface area contributed by atoms with Crippen LogP contribution in [0, 0.1) is 10.1 Å². The maximum Gasteiger partial charge on any atom is 0.269 e. The van der Waals surface area contributed by atoms with Gasteiger partial charge >= 0.3 is 0 Å². The van der Waals surface area contributed by atoms with Crippen molar-refractivity contribution >= 4 is 33.4 Å². The lowest BCUT2D eigenvalue weighted by atomic mass is 10.0. The molecule has 1 aromatic carbocycles. The van der Waals surface area contributed by atoms with Gasteiger partial charge < -0.3 is 5.11 Å². The van der Waals surface area contributed by atoms with E-state index in [0.717, 1.165) is 11.8 Å². The summed E-state index contributed by atoms with van der Waals surface area (Å²) in [6.07, 6.45) is 0. The smallest absolute Gasteiger partial charge is 0.269 e. The van der Waals surface area contributed by atoms with Gasteiger partial charge in [-0.05, 0) is 18.7 Å². The molecule has 0 spiro atoms. The van der Waals surface area contributed by atoms with E-state index in [0.29, 0.717) is 10.7 Å². The zero-order valence-electron chi connectivity index (χ0n) is 10.9. The summed E-state index contributed by atoms with van der Waals surface area (Å²) in [4.78, 5) is 26.0. The summed E-state index contributed by atoms with van der Waals surface area (Å²) in [5.41, 5.74) is -1.20. The summed E-state index contributed by atoms with van der Waals surface area (Å²) in [5.74, 6) is 0. The number of nitro benzene ring substituents is 1. The maximum absolute atomic E-state index is 11.6. The van der Waals surface area contributed by atoms with Gasteiger partial charge in [0.15, 0.2) is 5.17 Å². The van der Waals surface area contributed by atoms with E-state index in [4.69, 9.17) is 0 Å². The Morgan fingerprint density at radius 1 is 1.52 bits per heavy atom. The number of aliphatic hydroxyl groups is 1. The van der Waals surface area contributed by atoms with Crippen LogP contribution in [0.2, 0.25) is 0 Å². The molecule has 2 heterocycles. The molecule has 0 unspecified atom stereocenters. The van der Waals surface area contributed by atoms with Crippen molar-refractivity contribution in [2.24, 2.45) is 10.1 Å². The second kappa shape index (κ2) is 4.64. The van der Waals surface area contributed by atoms with Gasteiger partial charge in [0.2, 0.25) is 10.8 Å². The van der Waals surface area contributed by atoms with Crippen molar-refractivity contribution < 1.29 is 14.8 Å². The zero-order chi connectivity index (χ0) is 15.2. The molecule has 2 aliphatic heterocycles. The second-order valence-corrected chi connectivity index (χ2v) is 5.55. The number of hydrazone groups is 1. The molecule has 108 valence electrons. The molecule has 3 rings (SSSR count). The Kier molecular flexibility index (Phi) is 3.03. The highest BCUT2D eigenvalue weighted by atomic mass is 32.2. The maximum atomic E-state index is 11.6. The van der Waals surface area contributed by atoms with Crippen LogP contribution in [-0.2, 0) is 10.5 Å². The number of nitro groups is 1. The van der Waals surface area contributed by atoms with Gasteiger partial charge in [0, 0.05) is 17.7 Å². The highest BCUT2D eigenvalue weighted by molar-refractivity contribution is 8.27. The van der Waals surface area contributed by atoms with Gasteiger partial charge in [-0.1, -0.05) is 12.1 Å². The zero-order valence-corrected chi connectivity index (χ0v) is 11.7. The lowest BCUT2D eigenvalue weighted by molar-refractivity contribution is -0.385. The van der Waals surface area contributed by atoms with E-state index >= 15 is 0 Å². The number of aliphatic imine (C=N–C) groups is 1. The Bertz CT molecular complexity index is 717. The fraction of sp³-hybridized carbons (Fsp3) is 0.250. The number of nitrogens with zero attached hydrogens (tertiary/aromatic N) is 4. The first-order chi connectivity index (χ1) is 9.91. The lowest BCUT2D eigenvalue weighted by Crippen LogP contribution is -2.45. The van der Waals surface area contributed by atoms with E-state index in [2.05, 4.69) is 10.1 Å². The molecule has 0 saturated carbocycles. The molecule has 0 bridgehead atoms. The largest absolute Gasteiger partial charge is 0.364 e. The van der Waals surface area contributed by atoms with Gasteiger partial charge in [0.1, 0.15) is 5.71 Å². The highest BCUT2D eigenvalue weighted by Gasteiger charge is 2.47. The number of thioether (sulfide) groups is 1. The first-order valence-electron chi connectivity index (χ1n) is 6.01. The highest BCUT2D eigenvalue weighted by Crippen LogP contribution is 2.38. The third-order valence-electron chi connectivity index (χ3n) is 3.22. The van der Waals surface area contributed by atoms with E-state index in [1.165, 1.54) is 30.1 Å². The van der Waals surface area contributed by atoms with Gasteiger partial charge in [-0.3, -0.25) is 19.9 Å². The molecule has 0 aromatic heterocycles. The van der Waals surface area contributed by atoms with Crippen LogP contribution in [-0.4, -0.2) is 37.6 Å². The van der Waals surface area contributed by atoms with Crippen LogP contribution < -0.4 is 0 Å². The Labute approximate surface area is 123 Å². The van der Waals surface area contributed by atoms with E-state index in [-0.39, 0.29) is 23.1 Å². The predicted octanol–water partition coefficient (Wildman–Crippen LogP) is 1.06. The van der Waals surface area contributed by atoms with Crippen molar-refractivity contribution in [3.05, 3.63) is 39.9 Å². The molecule has 0 saturated heterocycles. The first kappa shape index (κ1) is 13.7. The van der Waals surface area contributed by atoms with Crippen molar-refractivity contribution in [2.75, 3.05) is 6.54 Å². The van der Waals surface area contributed by atoms with Crippen LogP contribution in [0.4, 0.5) is 5.69 Å². The van der Waals surface area contributed by atoms with E-state index in [1.807, 2.05) is 0 Å². The van der Waals surface area contributed by atoms with Crippen molar-refractivity contribution in [3.63, 3.8) is 0 Å². The average Bonchev–Trinajstić information content (AvgIpc) is 2.78. The minimum atomic E-state index is -1.61. The molecule has 9 heteroatoms. The second-order valence-electron chi connectivity index (χ2n) is 4.61. The van der Waals surface area contributed by atoms with Gasteiger partial charge in [0.05, 0.1) is 11.5 Å². The van der Waals surface area contributed by atoms with Crippen LogP contribution in [0.25, 0.3) is 0 Å². The number of carbonyl (C=O) groups excluding carboxylic acids is 1. The molecular formula is C12H10N4O4S. The van der Waals surface area contributed by atoms with Crippen molar-refractivity contribution in [1.82, 2.24) is 5.01 Å². The summed E-state index contributed by atoms with van der Waals surface area (Å²) in [6, 6.07) is 5.68. The number of hydrogen-bond acceptors (Lipinski definition) is 8. The van der Waals surface area contributed by atoms with Crippen LogP contribution in [0.3, 0.4) is 0 Å². The van der Waals surface area contributed by atoms with Gasteiger partial charge in [-0.25, -0.2) is 5.01 Å². The van der Waals surface area contributed by atoms with Crippen LogP contribution in [0.5, 0.6) is 0 Å². The molecule has 2 aliphatic rings. The Morgan fingerprint density at radius 2 is 2.29 bits per heavy atom. The predicted molar refractivity (Wildman–Crippen MR) is 76.8 cm³/mol. The molecule has 21 heavy (non-hydrogen) atoms. The monoisotopic (exact) mass is 306 g/mol. The molecule has 0 aliphatic carbocycles. The first-order valence-corrected chi connectivity index (χ1v) is 6.83. The molecule has 0 amide bonds. The summed E-state index contributed by atoms with van der Waals surface area (Å²) in [6.45, 7) is 1.50. The van der Waals surface area contributed by atoms with Crippen LogP contribution in [0.15, 0.2) is 34.4 Å². The number of amidine groups is 1. The van der Waals surface area contributed by atoms with Crippen LogP contribution >= 0.6 is 11.8 Å². The number of fused-ring (bicyclic) bond motifs is 1. The molecule has 1 N–H and O–H groups in total. The molecular weight excluding hydrogens is 296 g/mol. The Balaban J connectivity index is 2.05. The summed E-state index contributed by atoms with van der Waals surface area (Å²) >= 11 is 0.885. The number of carbonyl (C=O) groups is 1. The SMILES string of the molecule is CC1=NN2C(=NC[C@@]2(O)c2cccc([N+](=O)[O-])c2)SC1=O. The fourth-order valence-electron chi connectivity index (χ4n) is 2.10. The third kappa shape index (κ3) is 2.10. The Hall–Kier alpha value is -2.26. The third-order valence-corrected chi connectivity index (χ3v) is 4.18. The average molecular weight is 306 g/mol. The minimum Gasteiger partial charge on any atom is -0.364 e. The van der Waals surface area contributed by atoms with Crippen LogP contribution in [0.1, 0.15) is 12.5 Å². The van der Waals surface area contributed by atoms with Crippen molar-refractivity contribution in [3.8, 4) is 0 Å². The molecule has 1 atom stereocenters. The van der Waals surface area contributed by atoms with Gasteiger partial charge in [0.25, 0.3) is 5.69 Å². The van der Waals surface area contributed by atoms with Crippen molar-refractivity contribution in [1.29, 1.82) is 0 Å². The Morgan fingerprint density at radius 3 is 3.00 bits per heavy atom. The number of non-ortho nitro benzene ring substituents is 1. The van der Waals surface area contributed by atoms with E-state index < -0.39 is 10.6 Å². The lowest BCUT2D eigenvalue weighted by Gasteiger charge is -2.33. The van der Waals surface area contributed by atoms with Gasteiger partial charge in [-0.15, -0.1) is 0 Å². The van der Waals surface area contributed by atoms with Gasteiger partial charge in [-0.2, -0.15) is 5.10 Å². The van der Waals surface area contributed by atoms with E-state index in [1.54, 1.807) is 6.07 Å². The minimum absolute atomic E-state index is 0.0411. The topological polar surface area (TPSA) is 108 Å². The molecule has 1 aromatic rings. The number of hydrogen-bond donors (Lipinski definition) is 1. The summed E-state index contributed by atoms with van der Waals surface area (Å²) in [5, 5.41) is 27.0. The number of benzene rings is 1. The standard InChI is InChI=1S/C12H10N4O4S/c1-7-10(17)21-11-13-6-12(18,15(11)14-7)8-3-2-4-9(5-8)16(19)20/h2-5,18H,6H2,1H3/t12-/m1/s1. The summed E-state index contributed by atoms with van der Waals surface area (Å²) < 4.78 is 0. The van der Waals surface area contributed by atoms with Crippen molar-refractivity contribution in [2.45, 2.75) is 12.6 Å². The quantitative estimate of drug-likeness (QED) is 0.646. The summed E-state index contributed by atoms with van der Waals surface area (Å²) in [7, 11) is 0. The molecule has 0 fully saturated rings. The van der Waals surface area contributed by atoms with E-state index in [9.17, 15) is 20.0 Å². The normalized spacial score (nSPS) is 24.5. The molecule has 8 nitrogen and oxygen atoms in total. The number of rotatable bonds is 2.